The molecule has 7 nitrogen and oxygen atoms in total. The van der Waals surface area contributed by atoms with Crippen LogP contribution in [0.2, 0.25) is 0 Å². The van der Waals surface area contributed by atoms with Crippen molar-refractivity contribution in [1.29, 1.82) is 0 Å². The van der Waals surface area contributed by atoms with E-state index in [1.165, 1.54) is 12.7 Å². The van der Waals surface area contributed by atoms with Gasteiger partial charge in [-0.25, -0.2) is 19.3 Å². The number of rotatable bonds is 2. The van der Waals surface area contributed by atoms with E-state index in [1.54, 1.807) is 4.57 Å². The summed E-state index contributed by atoms with van der Waals surface area (Å²) < 4.78 is 20.6. The zero-order chi connectivity index (χ0) is 12.8. The van der Waals surface area contributed by atoms with Crippen LogP contribution in [0, 0.1) is 0 Å². The van der Waals surface area contributed by atoms with Gasteiger partial charge < -0.3 is 15.6 Å². The van der Waals surface area contributed by atoms with Crippen molar-refractivity contribution in [2.45, 2.75) is 24.9 Å². The van der Waals surface area contributed by atoms with Gasteiger partial charge in [0.2, 0.25) is 5.85 Å². The summed E-state index contributed by atoms with van der Waals surface area (Å²) in [7, 11) is 0. The van der Waals surface area contributed by atoms with E-state index in [1.807, 2.05) is 0 Å². The van der Waals surface area contributed by atoms with Crippen molar-refractivity contribution in [2.24, 2.45) is 0 Å². The lowest BCUT2D eigenvalue weighted by Gasteiger charge is -2.18. The standard InChI is InChI=1S/C10H12FN5O2/c11-10(3-17)2-1-6(18-10)16-5-15-7-8(12)13-4-14-9(7)16/h4-6,17H,1-3H2,(H2,12,13,14)/t6-,10+/m1/s1. The van der Waals surface area contributed by atoms with Gasteiger partial charge >= 0.3 is 0 Å². The van der Waals surface area contributed by atoms with Crippen molar-refractivity contribution in [1.82, 2.24) is 19.5 Å². The largest absolute Gasteiger partial charge is 0.390 e. The lowest BCUT2D eigenvalue weighted by atomic mass is 10.2. The summed E-state index contributed by atoms with van der Waals surface area (Å²) in [5.74, 6) is -1.72. The van der Waals surface area contributed by atoms with Gasteiger partial charge in [0, 0.05) is 6.42 Å². The lowest BCUT2D eigenvalue weighted by Crippen LogP contribution is -2.27. The summed E-state index contributed by atoms with van der Waals surface area (Å²) in [6.07, 6.45) is 2.84. The number of hydrogen-bond acceptors (Lipinski definition) is 6. The maximum atomic E-state index is 13.8. The number of aliphatic hydroxyl groups is 1. The maximum Gasteiger partial charge on any atom is 0.234 e. The molecule has 3 rings (SSSR count). The van der Waals surface area contributed by atoms with Gasteiger partial charge in [0.15, 0.2) is 11.5 Å². The van der Waals surface area contributed by atoms with Gasteiger partial charge in [-0.3, -0.25) is 4.57 Å². The minimum atomic E-state index is -1.99. The second-order valence-corrected chi connectivity index (χ2v) is 4.24. The quantitative estimate of drug-likeness (QED) is 0.802. The van der Waals surface area contributed by atoms with Crippen LogP contribution in [0.3, 0.4) is 0 Å². The number of ether oxygens (including phenoxy) is 1. The topological polar surface area (TPSA) is 99.1 Å². The van der Waals surface area contributed by atoms with Crippen LogP contribution < -0.4 is 5.73 Å². The van der Waals surface area contributed by atoms with Crippen LogP contribution in [-0.4, -0.2) is 37.1 Å². The molecule has 2 aromatic heterocycles. The molecule has 0 amide bonds. The van der Waals surface area contributed by atoms with Gasteiger partial charge in [0.05, 0.1) is 6.33 Å². The van der Waals surface area contributed by atoms with Crippen LogP contribution in [-0.2, 0) is 4.74 Å². The normalized spacial score (nSPS) is 28.0. The molecule has 3 N–H and O–H groups in total. The van der Waals surface area contributed by atoms with E-state index < -0.39 is 18.7 Å². The first-order valence-corrected chi connectivity index (χ1v) is 5.53. The van der Waals surface area contributed by atoms with Gasteiger partial charge in [-0.05, 0) is 6.42 Å². The third-order valence-electron chi connectivity index (χ3n) is 3.05. The molecule has 2 atom stereocenters. The second kappa shape index (κ2) is 3.85. The van der Waals surface area contributed by atoms with E-state index in [0.717, 1.165) is 0 Å². The molecule has 0 spiro atoms. The first-order chi connectivity index (χ1) is 8.63. The van der Waals surface area contributed by atoms with Crippen LogP contribution in [0.5, 0.6) is 0 Å². The summed E-state index contributed by atoms with van der Waals surface area (Å²) in [5.41, 5.74) is 6.62. The first-order valence-electron chi connectivity index (χ1n) is 5.53. The lowest BCUT2D eigenvalue weighted by molar-refractivity contribution is -0.175. The summed E-state index contributed by atoms with van der Waals surface area (Å²) in [6, 6.07) is 0. The molecule has 1 aliphatic heterocycles. The molecule has 96 valence electrons. The zero-order valence-corrected chi connectivity index (χ0v) is 9.45. The van der Waals surface area contributed by atoms with Gasteiger partial charge in [0.1, 0.15) is 24.7 Å². The molecule has 0 unspecified atom stereocenters. The Hall–Kier alpha value is -1.80. The van der Waals surface area contributed by atoms with E-state index in [0.29, 0.717) is 17.6 Å². The number of aliphatic hydroxyl groups excluding tert-OH is 1. The van der Waals surface area contributed by atoms with Crippen molar-refractivity contribution >= 4 is 17.0 Å². The van der Waals surface area contributed by atoms with Crippen LogP contribution >= 0.6 is 0 Å². The maximum absolute atomic E-state index is 13.8. The molecule has 0 aliphatic carbocycles. The highest BCUT2D eigenvalue weighted by Gasteiger charge is 2.41. The zero-order valence-electron chi connectivity index (χ0n) is 9.45. The highest BCUT2D eigenvalue weighted by molar-refractivity contribution is 5.81. The Morgan fingerprint density at radius 1 is 1.56 bits per heavy atom. The molecule has 3 heterocycles. The van der Waals surface area contributed by atoms with E-state index in [9.17, 15) is 4.39 Å². The number of nitrogens with two attached hydrogens (primary N) is 1. The van der Waals surface area contributed by atoms with Crippen molar-refractivity contribution in [3.05, 3.63) is 12.7 Å². The van der Waals surface area contributed by atoms with E-state index in [2.05, 4.69) is 15.0 Å². The number of halogens is 1. The summed E-state index contributed by atoms with van der Waals surface area (Å²) in [6.45, 7) is -0.659. The molecular weight excluding hydrogens is 241 g/mol. The Morgan fingerprint density at radius 3 is 3.11 bits per heavy atom. The summed E-state index contributed by atoms with van der Waals surface area (Å²) in [4.78, 5) is 12.0. The smallest absolute Gasteiger partial charge is 0.234 e. The van der Waals surface area contributed by atoms with Gasteiger partial charge in [-0.15, -0.1) is 0 Å². The number of alkyl halides is 1. The molecule has 1 aliphatic rings. The molecule has 8 heteroatoms. The Labute approximate surface area is 101 Å². The number of nitrogens with zero attached hydrogens (tertiary/aromatic N) is 4. The van der Waals surface area contributed by atoms with Crippen LogP contribution in [0.25, 0.3) is 11.2 Å². The van der Waals surface area contributed by atoms with Crippen molar-refractivity contribution < 1.29 is 14.2 Å². The molecule has 0 radical (unpaired) electrons. The summed E-state index contributed by atoms with van der Waals surface area (Å²) in [5, 5.41) is 8.93. The average molecular weight is 253 g/mol. The van der Waals surface area contributed by atoms with Crippen molar-refractivity contribution in [3.8, 4) is 0 Å². The van der Waals surface area contributed by atoms with E-state index in [4.69, 9.17) is 15.6 Å². The fourth-order valence-corrected chi connectivity index (χ4v) is 2.09. The molecular formula is C10H12FN5O2. The SMILES string of the molecule is Nc1ncnc2c1ncn2[C@H]1CC[C@@](F)(CO)O1. The minimum absolute atomic E-state index is 0.133. The number of aromatic nitrogens is 4. The predicted molar refractivity (Wildman–Crippen MR) is 60.0 cm³/mol. The molecule has 1 fully saturated rings. The van der Waals surface area contributed by atoms with Crippen LogP contribution in [0.4, 0.5) is 10.2 Å². The number of hydrogen-bond donors (Lipinski definition) is 2. The second-order valence-electron chi connectivity index (χ2n) is 4.24. The Morgan fingerprint density at radius 2 is 2.39 bits per heavy atom. The Balaban J connectivity index is 1.99. The highest BCUT2D eigenvalue weighted by atomic mass is 19.2. The Bertz CT molecular complexity index is 589. The monoisotopic (exact) mass is 253 g/mol. The van der Waals surface area contributed by atoms with E-state index in [-0.39, 0.29) is 12.2 Å². The fraction of sp³-hybridized carbons (Fsp3) is 0.500. The fourth-order valence-electron chi connectivity index (χ4n) is 2.09. The average Bonchev–Trinajstić information content (AvgIpc) is 2.94. The van der Waals surface area contributed by atoms with Crippen LogP contribution in [0.1, 0.15) is 19.1 Å². The third kappa shape index (κ3) is 1.61. The van der Waals surface area contributed by atoms with Gasteiger partial charge in [-0.2, -0.15) is 0 Å². The number of nitrogen functional groups attached to an aromatic ring is 1. The van der Waals surface area contributed by atoms with Gasteiger partial charge in [-0.1, -0.05) is 0 Å². The molecule has 0 aromatic carbocycles. The molecule has 1 saturated heterocycles. The van der Waals surface area contributed by atoms with E-state index >= 15 is 0 Å². The minimum Gasteiger partial charge on any atom is -0.390 e. The molecule has 0 saturated carbocycles. The predicted octanol–water partition coefficient (Wildman–Crippen LogP) is 0.376. The number of fused-ring (bicyclic) bond motifs is 1. The molecule has 2 aromatic rings. The van der Waals surface area contributed by atoms with Crippen LogP contribution in [0.15, 0.2) is 12.7 Å². The molecule has 18 heavy (non-hydrogen) atoms. The highest BCUT2D eigenvalue weighted by Crippen LogP contribution is 2.38. The first kappa shape index (κ1) is 11.3. The van der Waals surface area contributed by atoms with Crippen molar-refractivity contribution in [2.75, 3.05) is 12.3 Å². The van der Waals surface area contributed by atoms with Crippen molar-refractivity contribution in [3.63, 3.8) is 0 Å². The van der Waals surface area contributed by atoms with Gasteiger partial charge in [0.25, 0.3) is 0 Å². The number of imidazole rings is 1. The number of anilines is 1. The third-order valence-corrected chi connectivity index (χ3v) is 3.05. The molecule has 0 bridgehead atoms. The summed E-state index contributed by atoms with van der Waals surface area (Å²) >= 11 is 0. The Kier molecular flexibility index (Phi) is 2.42.